The Morgan fingerprint density at radius 3 is 2.56 bits per heavy atom. The number of amides is 1. The van der Waals surface area contributed by atoms with Crippen LogP contribution in [0, 0.1) is 5.82 Å². The number of hydrogen-bond acceptors (Lipinski definition) is 4. The van der Waals surface area contributed by atoms with E-state index in [1.807, 2.05) is 24.3 Å². The van der Waals surface area contributed by atoms with Gasteiger partial charge in [0.15, 0.2) is 0 Å². The zero-order valence-electron chi connectivity index (χ0n) is 18.7. The fourth-order valence-corrected chi connectivity index (χ4v) is 4.25. The van der Waals surface area contributed by atoms with Crippen LogP contribution in [0.3, 0.4) is 0 Å². The van der Waals surface area contributed by atoms with E-state index in [0.29, 0.717) is 22.7 Å². The molecule has 0 radical (unpaired) electrons. The third-order valence-electron chi connectivity index (χ3n) is 5.88. The quantitative estimate of drug-likeness (QED) is 0.384. The minimum absolute atomic E-state index is 0.177. The van der Waals surface area contributed by atoms with E-state index in [2.05, 4.69) is 21.6 Å². The summed E-state index contributed by atoms with van der Waals surface area (Å²) in [5.41, 5.74) is 4.69. The lowest BCUT2D eigenvalue weighted by Gasteiger charge is -2.16. The van der Waals surface area contributed by atoms with Crippen molar-refractivity contribution in [1.82, 2.24) is 15.5 Å². The van der Waals surface area contributed by atoms with E-state index in [1.165, 1.54) is 19.2 Å². The maximum absolute atomic E-state index is 13.2. The van der Waals surface area contributed by atoms with Crippen molar-refractivity contribution in [2.75, 3.05) is 7.11 Å². The molecule has 3 aromatic rings. The second-order valence-electron chi connectivity index (χ2n) is 8.23. The van der Waals surface area contributed by atoms with Crippen molar-refractivity contribution in [3.8, 4) is 0 Å². The number of benzene rings is 2. The number of nitrogens with one attached hydrogen (secondary N) is 2. The van der Waals surface area contributed by atoms with Crippen molar-refractivity contribution in [1.29, 1.82) is 0 Å². The van der Waals surface area contributed by atoms with Gasteiger partial charge >= 0.3 is 5.97 Å². The molecule has 2 N–H and O–H groups in total. The number of aromatic amines is 1. The van der Waals surface area contributed by atoms with Crippen LogP contribution in [0.2, 0.25) is 5.02 Å². The van der Waals surface area contributed by atoms with Gasteiger partial charge in [0.05, 0.1) is 12.8 Å². The van der Waals surface area contributed by atoms with Crippen molar-refractivity contribution < 1.29 is 18.7 Å². The van der Waals surface area contributed by atoms with Gasteiger partial charge in [-0.15, -0.1) is 0 Å². The summed E-state index contributed by atoms with van der Waals surface area (Å²) in [5.74, 6) is -1.38. The van der Waals surface area contributed by atoms with Crippen LogP contribution >= 0.6 is 11.6 Å². The largest absolute Gasteiger partial charge is 0.467 e. The van der Waals surface area contributed by atoms with Crippen LogP contribution in [0.4, 0.5) is 4.39 Å². The van der Waals surface area contributed by atoms with Gasteiger partial charge in [-0.3, -0.25) is 9.89 Å². The highest BCUT2D eigenvalue weighted by Gasteiger charge is 2.27. The molecule has 0 bridgehead atoms. The molecular weight excluding hydrogens is 457 g/mol. The number of ether oxygens (including phenoxy) is 1. The van der Waals surface area contributed by atoms with Gasteiger partial charge in [0.25, 0.3) is 5.91 Å². The lowest BCUT2D eigenvalue weighted by molar-refractivity contribution is -0.142. The number of hydrogen-bond donors (Lipinski definition) is 2. The molecule has 2 aromatic carbocycles. The first-order chi connectivity index (χ1) is 16.4. The van der Waals surface area contributed by atoms with Crippen LogP contribution in [0.5, 0.6) is 0 Å². The number of rotatable bonds is 6. The molecule has 1 atom stereocenters. The number of carbonyl (C=O) groups excluding carboxylic acids is 2. The number of halogens is 2. The summed E-state index contributed by atoms with van der Waals surface area (Å²) in [6.07, 6.45) is 5.68. The number of esters is 1. The maximum atomic E-state index is 13.2. The van der Waals surface area contributed by atoms with Crippen LogP contribution < -0.4 is 5.32 Å². The molecule has 0 saturated heterocycles. The van der Waals surface area contributed by atoms with E-state index in [0.717, 1.165) is 41.7 Å². The summed E-state index contributed by atoms with van der Waals surface area (Å²) in [5, 5.41) is 10.8. The fourth-order valence-electron chi connectivity index (χ4n) is 4.12. The highest BCUT2D eigenvalue weighted by Crippen LogP contribution is 2.32. The smallest absolute Gasteiger partial charge is 0.328 e. The normalized spacial score (nSPS) is 15.3. The standard InChI is InChI=1S/C26H25ClFN3O3/c1-34-26(33)22(15-17-8-12-20(28)13-9-17)29-25(32)24-21-5-3-2-4-18(23(21)30-31-24)14-16-6-10-19(27)11-7-16/h6-14,22H,2-5,15H2,1H3,(H,29,32)(H,30,31)/t22-/m1/s1. The highest BCUT2D eigenvalue weighted by molar-refractivity contribution is 6.30. The van der Waals surface area contributed by atoms with Gasteiger partial charge in [0.1, 0.15) is 17.6 Å². The molecular formula is C26H25ClFN3O3. The van der Waals surface area contributed by atoms with E-state index in [4.69, 9.17) is 16.3 Å². The topological polar surface area (TPSA) is 84.1 Å². The first-order valence-electron chi connectivity index (χ1n) is 11.1. The van der Waals surface area contributed by atoms with Crippen LogP contribution in [-0.4, -0.2) is 35.2 Å². The van der Waals surface area contributed by atoms with Gasteiger partial charge in [-0.1, -0.05) is 35.9 Å². The summed E-state index contributed by atoms with van der Waals surface area (Å²) < 4.78 is 18.1. The van der Waals surface area contributed by atoms with E-state index in [1.54, 1.807) is 12.1 Å². The lowest BCUT2D eigenvalue weighted by atomic mass is 10.0. The predicted octanol–water partition coefficient (Wildman–Crippen LogP) is 4.98. The highest BCUT2D eigenvalue weighted by atomic mass is 35.5. The van der Waals surface area contributed by atoms with Crippen LogP contribution in [0.1, 0.15) is 52.1 Å². The Labute approximate surface area is 202 Å². The molecule has 0 aliphatic heterocycles. The fraction of sp³-hybridized carbons (Fsp3) is 0.269. The molecule has 34 heavy (non-hydrogen) atoms. The molecule has 1 heterocycles. The molecule has 0 fully saturated rings. The Morgan fingerprint density at radius 2 is 1.85 bits per heavy atom. The molecule has 0 unspecified atom stereocenters. The van der Waals surface area contributed by atoms with E-state index in [9.17, 15) is 14.0 Å². The minimum Gasteiger partial charge on any atom is -0.467 e. The Balaban J connectivity index is 1.58. The number of aromatic nitrogens is 2. The molecule has 176 valence electrons. The van der Waals surface area contributed by atoms with Crippen molar-refractivity contribution in [3.63, 3.8) is 0 Å². The monoisotopic (exact) mass is 481 g/mol. The molecule has 0 saturated carbocycles. The second-order valence-corrected chi connectivity index (χ2v) is 8.67. The number of allylic oxidation sites excluding steroid dienone is 1. The van der Waals surface area contributed by atoms with Gasteiger partial charge < -0.3 is 10.1 Å². The lowest BCUT2D eigenvalue weighted by Crippen LogP contribution is -2.43. The first kappa shape index (κ1) is 23.7. The van der Waals surface area contributed by atoms with Crippen molar-refractivity contribution >= 4 is 35.1 Å². The molecule has 4 rings (SSSR count). The summed E-state index contributed by atoms with van der Waals surface area (Å²) in [7, 11) is 1.27. The summed E-state index contributed by atoms with van der Waals surface area (Å²) in [6.45, 7) is 0. The average molecular weight is 482 g/mol. The molecule has 1 aromatic heterocycles. The Bertz CT molecular complexity index is 1200. The van der Waals surface area contributed by atoms with Crippen molar-refractivity contribution in [2.45, 2.75) is 38.1 Å². The third kappa shape index (κ3) is 5.54. The van der Waals surface area contributed by atoms with E-state index >= 15 is 0 Å². The molecule has 8 heteroatoms. The third-order valence-corrected chi connectivity index (χ3v) is 6.13. The van der Waals surface area contributed by atoms with Crippen LogP contribution in [-0.2, 0) is 22.4 Å². The summed E-state index contributed by atoms with van der Waals surface area (Å²) in [4.78, 5) is 25.5. The van der Waals surface area contributed by atoms with Crippen LogP contribution in [0.15, 0.2) is 48.5 Å². The zero-order chi connectivity index (χ0) is 24.1. The van der Waals surface area contributed by atoms with Gasteiger partial charge in [0, 0.05) is 17.0 Å². The summed E-state index contributed by atoms with van der Waals surface area (Å²) in [6, 6.07) is 12.4. The Morgan fingerprint density at radius 1 is 1.15 bits per heavy atom. The van der Waals surface area contributed by atoms with Gasteiger partial charge in [-0.05, 0) is 72.7 Å². The Hall–Kier alpha value is -3.45. The van der Waals surface area contributed by atoms with Crippen molar-refractivity contribution in [3.05, 3.63) is 87.4 Å². The van der Waals surface area contributed by atoms with Crippen molar-refractivity contribution in [2.24, 2.45) is 0 Å². The van der Waals surface area contributed by atoms with Crippen LogP contribution in [0.25, 0.3) is 11.6 Å². The SMILES string of the molecule is COC(=O)[C@@H](Cc1ccc(F)cc1)NC(=O)c1[nH]nc2c1CCCCC2=Cc1ccc(Cl)cc1. The van der Waals surface area contributed by atoms with Gasteiger partial charge in [-0.25, -0.2) is 9.18 Å². The van der Waals surface area contributed by atoms with Gasteiger partial charge in [0.2, 0.25) is 0 Å². The Kier molecular flexibility index (Phi) is 7.43. The predicted molar refractivity (Wildman–Crippen MR) is 129 cm³/mol. The maximum Gasteiger partial charge on any atom is 0.328 e. The number of methoxy groups -OCH3 is 1. The number of H-pyrrole nitrogens is 1. The molecule has 6 nitrogen and oxygen atoms in total. The molecule has 1 aliphatic rings. The minimum atomic E-state index is -0.920. The molecule has 1 aliphatic carbocycles. The van der Waals surface area contributed by atoms with E-state index < -0.39 is 17.9 Å². The average Bonchev–Trinajstić information content (AvgIpc) is 3.17. The molecule has 1 amide bonds. The number of carbonyl (C=O) groups is 2. The zero-order valence-corrected chi connectivity index (χ0v) is 19.5. The summed E-state index contributed by atoms with van der Waals surface area (Å²) >= 11 is 6.00. The van der Waals surface area contributed by atoms with E-state index in [-0.39, 0.29) is 12.2 Å². The number of nitrogens with zero attached hydrogens (tertiary/aromatic N) is 1. The number of fused-ring (bicyclic) bond motifs is 1. The van der Waals surface area contributed by atoms with Gasteiger partial charge in [-0.2, -0.15) is 5.10 Å². The first-order valence-corrected chi connectivity index (χ1v) is 11.5. The molecule has 0 spiro atoms. The second kappa shape index (κ2) is 10.7.